The molecule has 0 aromatic carbocycles. The number of amides is 1. The Morgan fingerprint density at radius 1 is 1.33 bits per heavy atom. The molecule has 158 valence electrons. The van der Waals surface area contributed by atoms with E-state index in [-0.39, 0.29) is 17.5 Å². The van der Waals surface area contributed by atoms with Gasteiger partial charge in [0.15, 0.2) is 5.65 Å². The number of hydrogen-bond acceptors (Lipinski definition) is 6. The maximum atomic E-state index is 12.7. The number of aromatic nitrogens is 5. The molecule has 9 heteroatoms. The van der Waals surface area contributed by atoms with Gasteiger partial charge in [-0.05, 0) is 32.4 Å². The highest BCUT2D eigenvalue weighted by atomic mass is 16.5. The normalized spacial score (nSPS) is 14.3. The van der Waals surface area contributed by atoms with E-state index in [4.69, 9.17) is 9.72 Å². The summed E-state index contributed by atoms with van der Waals surface area (Å²) >= 11 is 0. The summed E-state index contributed by atoms with van der Waals surface area (Å²) in [5.41, 5.74) is 2.82. The molecular weight excluding hydrogens is 384 g/mol. The topological polar surface area (TPSA) is 106 Å². The molecule has 0 spiro atoms. The van der Waals surface area contributed by atoms with Gasteiger partial charge in [-0.15, -0.1) is 0 Å². The Hall–Kier alpha value is -3.07. The number of nitrogens with one attached hydrogen (secondary N) is 1. The molecule has 1 aliphatic heterocycles. The number of ether oxygens (including phenoxy) is 1. The van der Waals surface area contributed by atoms with Gasteiger partial charge in [-0.2, -0.15) is 0 Å². The van der Waals surface area contributed by atoms with E-state index < -0.39 is 0 Å². The molecule has 1 aliphatic rings. The third-order valence-corrected chi connectivity index (χ3v) is 5.42. The highest BCUT2D eigenvalue weighted by molar-refractivity contribution is 5.77. The lowest BCUT2D eigenvalue weighted by Crippen LogP contribution is -2.26. The fourth-order valence-corrected chi connectivity index (χ4v) is 4.05. The minimum Gasteiger partial charge on any atom is -0.383 e. The highest BCUT2D eigenvalue weighted by Gasteiger charge is 2.27. The standard InChI is InChI=1S/C21H26N6O3/c1-13(12-30-3)27-18(25-16-6-5-9-22-20(16)27)7-4-8-19(28)26-10-15-17(11-26)23-14(2)24-21(15)29/h5-6,9,13H,4,7-8,10-12H2,1-3H3,(H,23,24,29). The predicted octanol–water partition coefficient (Wildman–Crippen LogP) is 1.90. The average Bonchev–Trinajstić information content (AvgIpc) is 3.29. The molecule has 3 aromatic heterocycles. The van der Waals surface area contributed by atoms with Crippen LogP contribution in [0.15, 0.2) is 23.1 Å². The van der Waals surface area contributed by atoms with Gasteiger partial charge in [-0.3, -0.25) is 9.59 Å². The molecule has 0 aliphatic carbocycles. The average molecular weight is 410 g/mol. The van der Waals surface area contributed by atoms with Crippen molar-refractivity contribution < 1.29 is 9.53 Å². The van der Waals surface area contributed by atoms with E-state index in [0.717, 1.165) is 17.0 Å². The van der Waals surface area contributed by atoms with Crippen molar-refractivity contribution in [1.82, 2.24) is 29.4 Å². The molecular formula is C21H26N6O3. The lowest BCUT2D eigenvalue weighted by atomic mass is 10.2. The number of pyridine rings is 1. The first-order chi connectivity index (χ1) is 14.5. The van der Waals surface area contributed by atoms with Gasteiger partial charge in [0.25, 0.3) is 5.56 Å². The van der Waals surface area contributed by atoms with Crippen LogP contribution in [-0.4, -0.2) is 49.0 Å². The van der Waals surface area contributed by atoms with Crippen molar-refractivity contribution >= 4 is 17.1 Å². The number of H-pyrrole nitrogens is 1. The van der Waals surface area contributed by atoms with Crippen molar-refractivity contribution in [2.24, 2.45) is 0 Å². The molecule has 0 fully saturated rings. The minimum absolute atomic E-state index is 0.0239. The molecule has 3 aromatic rings. The zero-order valence-electron chi connectivity index (χ0n) is 17.5. The van der Waals surface area contributed by atoms with Crippen molar-refractivity contribution in [2.75, 3.05) is 13.7 Å². The second-order valence-corrected chi connectivity index (χ2v) is 7.73. The van der Waals surface area contributed by atoms with E-state index in [2.05, 4.69) is 26.4 Å². The first-order valence-corrected chi connectivity index (χ1v) is 10.1. The Morgan fingerprint density at radius 2 is 2.17 bits per heavy atom. The summed E-state index contributed by atoms with van der Waals surface area (Å²) in [6.07, 6.45) is 3.47. The smallest absolute Gasteiger partial charge is 0.256 e. The summed E-state index contributed by atoms with van der Waals surface area (Å²) in [6, 6.07) is 3.91. The number of rotatable bonds is 7. The maximum Gasteiger partial charge on any atom is 0.256 e. The predicted molar refractivity (Wildman–Crippen MR) is 111 cm³/mol. The second kappa shape index (κ2) is 8.35. The van der Waals surface area contributed by atoms with Gasteiger partial charge in [0.2, 0.25) is 5.91 Å². The molecule has 1 atom stereocenters. The Kier molecular flexibility index (Phi) is 5.63. The molecule has 1 unspecified atom stereocenters. The van der Waals surface area contributed by atoms with Crippen LogP contribution >= 0.6 is 0 Å². The van der Waals surface area contributed by atoms with Gasteiger partial charge in [0, 0.05) is 26.1 Å². The van der Waals surface area contributed by atoms with Gasteiger partial charge in [0.1, 0.15) is 17.2 Å². The molecule has 0 bridgehead atoms. The van der Waals surface area contributed by atoms with Gasteiger partial charge in [-0.25, -0.2) is 15.0 Å². The zero-order valence-corrected chi connectivity index (χ0v) is 17.5. The molecule has 0 saturated carbocycles. The molecule has 4 heterocycles. The number of carbonyl (C=O) groups excluding carboxylic acids is 1. The summed E-state index contributed by atoms with van der Waals surface area (Å²) in [5, 5.41) is 0. The largest absolute Gasteiger partial charge is 0.383 e. The minimum atomic E-state index is -0.152. The molecule has 1 N–H and O–H groups in total. The van der Waals surface area contributed by atoms with Crippen molar-refractivity contribution in [3.8, 4) is 0 Å². The SMILES string of the molecule is COCC(C)n1c(CCCC(=O)N2Cc3nc(C)[nH]c(=O)c3C2)nc2cccnc21. The Labute approximate surface area is 174 Å². The maximum absolute atomic E-state index is 12.7. The van der Waals surface area contributed by atoms with E-state index in [9.17, 15) is 9.59 Å². The number of aromatic amines is 1. The van der Waals surface area contributed by atoms with Gasteiger partial charge in [0.05, 0.1) is 37.0 Å². The monoisotopic (exact) mass is 410 g/mol. The van der Waals surface area contributed by atoms with Crippen LogP contribution in [0.4, 0.5) is 0 Å². The van der Waals surface area contributed by atoms with Gasteiger partial charge in [-0.1, -0.05) is 0 Å². The van der Waals surface area contributed by atoms with Gasteiger partial charge >= 0.3 is 0 Å². The highest BCUT2D eigenvalue weighted by Crippen LogP contribution is 2.22. The number of imidazole rings is 1. The van der Waals surface area contributed by atoms with Crippen LogP contribution in [0.25, 0.3) is 11.2 Å². The van der Waals surface area contributed by atoms with Crippen molar-refractivity contribution in [1.29, 1.82) is 0 Å². The molecule has 0 radical (unpaired) electrons. The Morgan fingerprint density at radius 3 is 2.97 bits per heavy atom. The van der Waals surface area contributed by atoms with E-state index in [0.29, 0.717) is 56.0 Å². The van der Waals surface area contributed by atoms with Crippen LogP contribution < -0.4 is 5.56 Å². The van der Waals surface area contributed by atoms with E-state index in [1.54, 1.807) is 25.1 Å². The fourth-order valence-electron chi connectivity index (χ4n) is 4.05. The van der Waals surface area contributed by atoms with E-state index >= 15 is 0 Å². The van der Waals surface area contributed by atoms with E-state index in [1.807, 2.05) is 12.1 Å². The second-order valence-electron chi connectivity index (χ2n) is 7.73. The molecule has 0 saturated heterocycles. The summed E-state index contributed by atoms with van der Waals surface area (Å²) in [4.78, 5) is 42.8. The molecule has 4 rings (SSSR count). The first kappa shape index (κ1) is 20.2. The van der Waals surface area contributed by atoms with Crippen molar-refractivity contribution in [3.05, 3.63) is 51.6 Å². The summed E-state index contributed by atoms with van der Waals surface area (Å²) in [5.74, 6) is 1.50. The number of hydrogen-bond donors (Lipinski definition) is 1. The summed E-state index contributed by atoms with van der Waals surface area (Å²) in [7, 11) is 1.68. The molecule has 1 amide bonds. The fraction of sp³-hybridized carbons (Fsp3) is 0.476. The zero-order chi connectivity index (χ0) is 21.3. The van der Waals surface area contributed by atoms with Gasteiger partial charge < -0.3 is 19.2 Å². The quantitative estimate of drug-likeness (QED) is 0.638. The van der Waals surface area contributed by atoms with Crippen LogP contribution in [0.3, 0.4) is 0 Å². The summed E-state index contributed by atoms with van der Waals surface area (Å²) in [6.45, 7) is 5.09. The van der Waals surface area contributed by atoms with Crippen LogP contribution in [0.1, 0.15) is 48.7 Å². The summed E-state index contributed by atoms with van der Waals surface area (Å²) < 4.78 is 7.42. The number of methoxy groups -OCH3 is 1. The Bertz CT molecular complexity index is 1140. The van der Waals surface area contributed by atoms with Crippen LogP contribution in [0.2, 0.25) is 0 Å². The first-order valence-electron chi connectivity index (χ1n) is 10.1. The number of aryl methyl sites for hydroxylation is 2. The third-order valence-electron chi connectivity index (χ3n) is 5.42. The Balaban J connectivity index is 1.43. The molecule has 9 nitrogen and oxygen atoms in total. The van der Waals surface area contributed by atoms with Crippen molar-refractivity contribution in [3.63, 3.8) is 0 Å². The van der Waals surface area contributed by atoms with E-state index in [1.165, 1.54) is 0 Å². The number of fused-ring (bicyclic) bond motifs is 2. The lowest BCUT2D eigenvalue weighted by molar-refractivity contribution is -0.131. The van der Waals surface area contributed by atoms with Crippen LogP contribution in [0, 0.1) is 6.92 Å². The van der Waals surface area contributed by atoms with Crippen LogP contribution in [0.5, 0.6) is 0 Å². The van der Waals surface area contributed by atoms with Crippen molar-refractivity contribution in [2.45, 2.75) is 52.2 Å². The number of carbonyl (C=O) groups is 1. The number of nitrogens with zero attached hydrogens (tertiary/aromatic N) is 5. The lowest BCUT2D eigenvalue weighted by Gasteiger charge is -2.17. The third kappa shape index (κ3) is 3.85. The molecule has 30 heavy (non-hydrogen) atoms. The van der Waals surface area contributed by atoms with Crippen LogP contribution in [-0.2, 0) is 29.0 Å².